The summed E-state index contributed by atoms with van der Waals surface area (Å²) in [5.41, 5.74) is 2.17. The van der Waals surface area contributed by atoms with Crippen LogP contribution in [0.15, 0.2) is 24.5 Å². The van der Waals surface area contributed by atoms with E-state index in [1.165, 1.54) is 5.56 Å². The van der Waals surface area contributed by atoms with Gasteiger partial charge in [-0.15, -0.1) is 24.8 Å². The van der Waals surface area contributed by atoms with E-state index in [0.717, 1.165) is 43.4 Å². The lowest BCUT2D eigenvalue weighted by atomic mass is 9.99. The maximum Gasteiger partial charge on any atom is 0.228 e. The number of hydrogen-bond acceptors (Lipinski definition) is 6. The monoisotopic (exact) mass is 413 g/mol. The number of anilines is 1. The summed E-state index contributed by atoms with van der Waals surface area (Å²) < 4.78 is 5.95. The van der Waals surface area contributed by atoms with Crippen LogP contribution < -0.4 is 15.0 Å². The second kappa shape index (κ2) is 10.6. The predicted octanol–water partition coefficient (Wildman–Crippen LogP) is 3.70. The van der Waals surface area contributed by atoms with Crippen LogP contribution in [0.1, 0.15) is 39.2 Å². The summed E-state index contributed by atoms with van der Waals surface area (Å²) in [5.74, 6) is 2.76. The van der Waals surface area contributed by atoms with Gasteiger partial charge >= 0.3 is 0 Å². The Morgan fingerprint density at radius 2 is 1.74 bits per heavy atom. The first-order valence-corrected chi connectivity index (χ1v) is 9.00. The molecule has 0 bridgehead atoms. The standard InChI is InChI=1S/C19H27N5O.2ClH/c1-13(2)16-11-15(5-6-17(16)25-14(3)4)18-21-12-22-19(23-18)24-9-7-20-8-10-24;;/h5-6,11-14,20H,7-10H2,1-4H3;2*1H. The summed E-state index contributed by atoms with van der Waals surface area (Å²) in [6.07, 6.45) is 1.76. The van der Waals surface area contributed by atoms with E-state index < -0.39 is 0 Å². The summed E-state index contributed by atoms with van der Waals surface area (Å²) in [5, 5.41) is 3.35. The summed E-state index contributed by atoms with van der Waals surface area (Å²) in [7, 11) is 0. The van der Waals surface area contributed by atoms with Gasteiger partial charge in [-0.3, -0.25) is 0 Å². The molecular weight excluding hydrogens is 385 g/mol. The van der Waals surface area contributed by atoms with E-state index in [-0.39, 0.29) is 30.9 Å². The van der Waals surface area contributed by atoms with Crippen LogP contribution in [0.5, 0.6) is 5.75 Å². The Morgan fingerprint density at radius 1 is 1.04 bits per heavy atom. The molecule has 0 saturated carbocycles. The van der Waals surface area contributed by atoms with Crippen molar-refractivity contribution in [3.63, 3.8) is 0 Å². The van der Waals surface area contributed by atoms with Crippen molar-refractivity contribution in [1.82, 2.24) is 20.3 Å². The van der Waals surface area contributed by atoms with Gasteiger partial charge < -0.3 is 15.0 Å². The first-order chi connectivity index (χ1) is 12.0. The molecule has 1 aromatic carbocycles. The SMILES string of the molecule is CC(C)Oc1ccc(-c2ncnc(N3CCNCC3)n2)cc1C(C)C.Cl.Cl. The van der Waals surface area contributed by atoms with E-state index in [2.05, 4.69) is 40.1 Å². The van der Waals surface area contributed by atoms with E-state index in [4.69, 9.17) is 9.72 Å². The average Bonchev–Trinajstić information content (AvgIpc) is 2.62. The fourth-order valence-corrected chi connectivity index (χ4v) is 2.94. The van der Waals surface area contributed by atoms with Crippen LogP contribution in [-0.2, 0) is 0 Å². The number of hydrogen-bond donors (Lipinski definition) is 1. The van der Waals surface area contributed by atoms with E-state index in [1.807, 2.05) is 26.0 Å². The molecule has 0 radical (unpaired) electrons. The Kier molecular flexibility index (Phi) is 9.22. The second-order valence-electron chi connectivity index (χ2n) is 6.92. The average molecular weight is 414 g/mol. The molecule has 0 amide bonds. The quantitative estimate of drug-likeness (QED) is 0.805. The molecule has 3 rings (SSSR count). The molecule has 1 aliphatic rings. The van der Waals surface area contributed by atoms with Crippen molar-refractivity contribution in [3.05, 3.63) is 30.1 Å². The molecule has 0 atom stereocenters. The van der Waals surface area contributed by atoms with Crippen LogP contribution in [0.4, 0.5) is 5.95 Å². The van der Waals surface area contributed by atoms with Gasteiger partial charge in [0.15, 0.2) is 5.82 Å². The number of rotatable bonds is 5. The zero-order valence-corrected chi connectivity index (χ0v) is 17.9. The largest absolute Gasteiger partial charge is 0.491 e. The highest BCUT2D eigenvalue weighted by Crippen LogP contribution is 2.31. The fourth-order valence-electron chi connectivity index (χ4n) is 2.94. The molecule has 0 aliphatic carbocycles. The topological polar surface area (TPSA) is 63.2 Å². The number of piperazine rings is 1. The third-order valence-electron chi connectivity index (χ3n) is 4.21. The number of nitrogens with zero attached hydrogens (tertiary/aromatic N) is 4. The van der Waals surface area contributed by atoms with E-state index in [0.29, 0.717) is 11.7 Å². The van der Waals surface area contributed by atoms with Gasteiger partial charge in [-0.25, -0.2) is 9.97 Å². The molecule has 8 heteroatoms. The highest BCUT2D eigenvalue weighted by molar-refractivity contribution is 5.85. The van der Waals surface area contributed by atoms with E-state index in [1.54, 1.807) is 6.33 Å². The van der Waals surface area contributed by atoms with Crippen molar-refractivity contribution >= 4 is 30.8 Å². The molecule has 2 heterocycles. The van der Waals surface area contributed by atoms with Crippen molar-refractivity contribution in [2.24, 2.45) is 0 Å². The molecule has 6 nitrogen and oxygen atoms in total. The molecule has 27 heavy (non-hydrogen) atoms. The normalized spacial score (nSPS) is 13.9. The van der Waals surface area contributed by atoms with Gasteiger partial charge in [0.1, 0.15) is 12.1 Å². The molecule has 1 saturated heterocycles. The third-order valence-corrected chi connectivity index (χ3v) is 4.21. The Balaban J connectivity index is 0.00000182. The molecule has 2 aromatic rings. The van der Waals surface area contributed by atoms with Crippen molar-refractivity contribution in [1.29, 1.82) is 0 Å². The lowest BCUT2D eigenvalue weighted by Crippen LogP contribution is -2.44. The maximum absolute atomic E-state index is 5.95. The van der Waals surface area contributed by atoms with Crippen LogP contribution >= 0.6 is 24.8 Å². The molecule has 1 N–H and O–H groups in total. The van der Waals surface area contributed by atoms with E-state index >= 15 is 0 Å². The predicted molar refractivity (Wildman–Crippen MR) is 115 cm³/mol. The van der Waals surface area contributed by atoms with Crippen molar-refractivity contribution in [2.45, 2.75) is 39.7 Å². The Bertz CT molecular complexity index is 721. The van der Waals surface area contributed by atoms with Gasteiger partial charge in [-0.1, -0.05) is 13.8 Å². The Morgan fingerprint density at radius 3 is 2.37 bits per heavy atom. The Labute approximate surface area is 174 Å². The van der Waals surface area contributed by atoms with Crippen LogP contribution in [0.2, 0.25) is 0 Å². The molecule has 1 fully saturated rings. The third kappa shape index (κ3) is 5.92. The zero-order valence-electron chi connectivity index (χ0n) is 16.3. The Hall–Kier alpha value is -1.63. The molecule has 0 unspecified atom stereocenters. The first-order valence-electron chi connectivity index (χ1n) is 9.00. The number of aromatic nitrogens is 3. The fraction of sp³-hybridized carbons (Fsp3) is 0.526. The number of benzene rings is 1. The van der Waals surface area contributed by atoms with Crippen LogP contribution in [0, 0.1) is 0 Å². The van der Waals surface area contributed by atoms with Gasteiger partial charge in [0.2, 0.25) is 5.95 Å². The van der Waals surface area contributed by atoms with Crippen molar-refractivity contribution in [3.8, 4) is 17.1 Å². The number of halogens is 2. The number of ether oxygens (including phenoxy) is 1. The van der Waals surface area contributed by atoms with Crippen LogP contribution in [0.25, 0.3) is 11.4 Å². The first kappa shape index (κ1) is 23.4. The van der Waals surface area contributed by atoms with Gasteiger partial charge in [-0.2, -0.15) is 4.98 Å². The maximum atomic E-state index is 5.95. The van der Waals surface area contributed by atoms with Crippen molar-refractivity contribution < 1.29 is 4.74 Å². The highest BCUT2D eigenvalue weighted by Gasteiger charge is 2.16. The second-order valence-corrected chi connectivity index (χ2v) is 6.92. The number of nitrogens with one attached hydrogen (secondary N) is 1. The lowest BCUT2D eigenvalue weighted by Gasteiger charge is -2.27. The smallest absolute Gasteiger partial charge is 0.228 e. The zero-order chi connectivity index (χ0) is 17.8. The lowest BCUT2D eigenvalue weighted by molar-refractivity contribution is 0.239. The summed E-state index contributed by atoms with van der Waals surface area (Å²) >= 11 is 0. The minimum absolute atomic E-state index is 0. The molecular formula is C19H29Cl2N5O. The van der Waals surface area contributed by atoms with Crippen LogP contribution in [0.3, 0.4) is 0 Å². The van der Waals surface area contributed by atoms with Gasteiger partial charge in [0, 0.05) is 31.7 Å². The highest BCUT2D eigenvalue weighted by atomic mass is 35.5. The molecule has 1 aliphatic heterocycles. The van der Waals surface area contributed by atoms with Gasteiger partial charge in [0.25, 0.3) is 0 Å². The minimum Gasteiger partial charge on any atom is -0.491 e. The molecule has 1 aromatic heterocycles. The molecule has 0 spiro atoms. The van der Waals surface area contributed by atoms with Crippen LogP contribution in [-0.4, -0.2) is 47.2 Å². The molecule has 150 valence electrons. The minimum atomic E-state index is 0. The van der Waals surface area contributed by atoms with Gasteiger partial charge in [0.05, 0.1) is 6.10 Å². The van der Waals surface area contributed by atoms with E-state index in [9.17, 15) is 0 Å². The van der Waals surface area contributed by atoms with Crippen molar-refractivity contribution in [2.75, 3.05) is 31.1 Å². The summed E-state index contributed by atoms with van der Waals surface area (Å²) in [4.78, 5) is 15.6. The summed E-state index contributed by atoms with van der Waals surface area (Å²) in [6.45, 7) is 12.2. The van der Waals surface area contributed by atoms with Gasteiger partial charge in [-0.05, 0) is 43.5 Å². The summed E-state index contributed by atoms with van der Waals surface area (Å²) in [6, 6.07) is 6.19.